The van der Waals surface area contributed by atoms with Crippen LogP contribution in [0, 0.1) is 0 Å². The highest BCUT2D eigenvalue weighted by Gasteiger charge is 2.07. The van der Waals surface area contributed by atoms with Crippen molar-refractivity contribution in [3.8, 4) is 11.6 Å². The number of rotatable bonds is 4. The summed E-state index contributed by atoms with van der Waals surface area (Å²) in [5.41, 5.74) is 1.23. The molecule has 0 bridgehead atoms. The maximum Gasteiger partial charge on any atom is 0.238 e. The van der Waals surface area contributed by atoms with Gasteiger partial charge in [0.05, 0.1) is 25.5 Å². The Morgan fingerprint density at radius 3 is 2.75 bits per heavy atom. The Morgan fingerprint density at radius 2 is 2.00 bits per heavy atom. The van der Waals surface area contributed by atoms with Gasteiger partial charge in [-0.3, -0.25) is 0 Å². The summed E-state index contributed by atoms with van der Waals surface area (Å²) >= 11 is 5.81. The van der Waals surface area contributed by atoms with Crippen molar-refractivity contribution in [2.24, 2.45) is 0 Å². The van der Waals surface area contributed by atoms with E-state index in [1.807, 2.05) is 0 Å². The Hall–Kier alpha value is -2.18. The van der Waals surface area contributed by atoms with E-state index in [0.29, 0.717) is 34.4 Å². The van der Waals surface area contributed by atoms with Crippen molar-refractivity contribution in [2.75, 3.05) is 6.61 Å². The van der Waals surface area contributed by atoms with Gasteiger partial charge in [-0.25, -0.2) is 14.6 Å². The van der Waals surface area contributed by atoms with Crippen LogP contribution in [-0.4, -0.2) is 31.5 Å². The molecule has 0 amide bonds. The number of aromatic nitrogens is 4. The van der Waals surface area contributed by atoms with E-state index in [9.17, 15) is 0 Å². The van der Waals surface area contributed by atoms with Gasteiger partial charge in [-0.05, 0) is 24.3 Å². The van der Waals surface area contributed by atoms with Gasteiger partial charge in [0.25, 0.3) is 0 Å². The fraction of sp³-hybridized carbons (Fsp3) is 0.154. The number of hydrogen-bond donors (Lipinski definition) is 1. The largest absolute Gasteiger partial charge is 0.437 e. The predicted molar refractivity (Wildman–Crippen MR) is 73.9 cm³/mol. The van der Waals surface area contributed by atoms with Gasteiger partial charge < -0.3 is 9.84 Å². The van der Waals surface area contributed by atoms with Crippen LogP contribution in [0.4, 0.5) is 0 Å². The van der Waals surface area contributed by atoms with Crippen molar-refractivity contribution in [1.82, 2.24) is 19.7 Å². The molecule has 0 spiro atoms. The first-order chi connectivity index (χ1) is 9.76. The van der Waals surface area contributed by atoms with E-state index in [1.165, 1.54) is 6.20 Å². The minimum atomic E-state index is 0.00147. The molecule has 6 nitrogen and oxygen atoms in total. The zero-order valence-corrected chi connectivity index (χ0v) is 11.2. The Morgan fingerprint density at radius 1 is 1.20 bits per heavy atom. The van der Waals surface area contributed by atoms with Gasteiger partial charge in [-0.15, -0.1) is 0 Å². The molecule has 0 aliphatic carbocycles. The van der Waals surface area contributed by atoms with E-state index in [-0.39, 0.29) is 6.61 Å². The third kappa shape index (κ3) is 2.56. The first-order valence-corrected chi connectivity index (χ1v) is 6.37. The Labute approximate surface area is 119 Å². The van der Waals surface area contributed by atoms with E-state index >= 15 is 0 Å². The highest BCUT2D eigenvalue weighted by Crippen LogP contribution is 2.22. The van der Waals surface area contributed by atoms with Crippen LogP contribution in [0.2, 0.25) is 5.02 Å². The lowest BCUT2D eigenvalue weighted by Crippen LogP contribution is -2.04. The van der Waals surface area contributed by atoms with Crippen LogP contribution in [-0.2, 0) is 6.54 Å². The lowest BCUT2D eigenvalue weighted by molar-refractivity contribution is 0.271. The summed E-state index contributed by atoms with van der Waals surface area (Å²) in [7, 11) is 0. The molecule has 2 heterocycles. The van der Waals surface area contributed by atoms with E-state index in [4.69, 9.17) is 21.4 Å². The van der Waals surface area contributed by atoms with Gasteiger partial charge in [-0.1, -0.05) is 11.6 Å². The molecule has 0 radical (unpaired) electrons. The van der Waals surface area contributed by atoms with Crippen molar-refractivity contribution >= 4 is 22.8 Å². The summed E-state index contributed by atoms with van der Waals surface area (Å²) in [6, 6.07) is 6.98. The predicted octanol–water partition coefficient (Wildman–Crippen LogP) is 2.26. The summed E-state index contributed by atoms with van der Waals surface area (Å²) in [6.07, 6.45) is 3.11. The van der Waals surface area contributed by atoms with Gasteiger partial charge in [-0.2, -0.15) is 5.10 Å². The monoisotopic (exact) mass is 290 g/mol. The number of benzene rings is 1. The van der Waals surface area contributed by atoms with Crippen LogP contribution >= 0.6 is 11.6 Å². The van der Waals surface area contributed by atoms with Gasteiger partial charge in [0.2, 0.25) is 5.88 Å². The molecular weight excluding hydrogens is 280 g/mol. The van der Waals surface area contributed by atoms with Crippen LogP contribution in [0.3, 0.4) is 0 Å². The van der Waals surface area contributed by atoms with E-state index in [1.54, 1.807) is 35.1 Å². The second-order valence-corrected chi connectivity index (χ2v) is 4.50. The Balaban J connectivity index is 1.87. The molecule has 0 aliphatic rings. The van der Waals surface area contributed by atoms with Crippen LogP contribution in [0.1, 0.15) is 0 Å². The molecule has 20 heavy (non-hydrogen) atoms. The molecule has 0 aliphatic heterocycles. The minimum Gasteiger partial charge on any atom is -0.437 e. The third-order valence-corrected chi connectivity index (χ3v) is 2.92. The SMILES string of the molecule is OCCn1ncc2nc(Oc3ccc(Cl)cc3)cnc21. The number of aliphatic hydroxyl groups is 1. The second-order valence-electron chi connectivity index (χ2n) is 4.06. The highest BCUT2D eigenvalue weighted by atomic mass is 35.5. The number of halogens is 1. The maximum absolute atomic E-state index is 8.92. The average Bonchev–Trinajstić information content (AvgIpc) is 2.85. The van der Waals surface area contributed by atoms with Crippen molar-refractivity contribution in [1.29, 1.82) is 0 Å². The maximum atomic E-state index is 8.92. The van der Waals surface area contributed by atoms with Crippen LogP contribution in [0.25, 0.3) is 11.2 Å². The van der Waals surface area contributed by atoms with Gasteiger partial charge in [0.15, 0.2) is 5.65 Å². The first-order valence-electron chi connectivity index (χ1n) is 5.99. The van der Waals surface area contributed by atoms with Crippen LogP contribution in [0.5, 0.6) is 11.6 Å². The smallest absolute Gasteiger partial charge is 0.238 e. The summed E-state index contributed by atoms with van der Waals surface area (Å²) < 4.78 is 7.18. The van der Waals surface area contributed by atoms with Gasteiger partial charge in [0.1, 0.15) is 11.3 Å². The molecule has 0 atom stereocenters. The van der Waals surface area contributed by atoms with E-state index in [0.717, 1.165) is 0 Å². The number of nitrogens with zero attached hydrogens (tertiary/aromatic N) is 4. The lowest BCUT2D eigenvalue weighted by Gasteiger charge is -2.04. The molecule has 7 heteroatoms. The van der Waals surface area contributed by atoms with E-state index in [2.05, 4.69) is 15.1 Å². The zero-order chi connectivity index (χ0) is 13.9. The quantitative estimate of drug-likeness (QED) is 0.798. The first kappa shape index (κ1) is 12.8. The average molecular weight is 291 g/mol. The number of aliphatic hydroxyl groups excluding tert-OH is 1. The van der Waals surface area contributed by atoms with Crippen molar-refractivity contribution in [3.05, 3.63) is 41.7 Å². The standard InChI is InChI=1S/C13H11ClN4O2/c14-9-1-3-10(4-2-9)20-12-8-15-13-11(17-12)7-16-18(13)5-6-19/h1-4,7-8,19H,5-6H2. The number of hydrogen-bond acceptors (Lipinski definition) is 5. The summed E-state index contributed by atoms with van der Waals surface area (Å²) in [6.45, 7) is 0.386. The minimum absolute atomic E-state index is 0.00147. The topological polar surface area (TPSA) is 73.1 Å². The molecule has 0 saturated carbocycles. The normalized spacial score (nSPS) is 10.9. The highest BCUT2D eigenvalue weighted by molar-refractivity contribution is 6.30. The molecule has 0 saturated heterocycles. The summed E-state index contributed by atoms with van der Waals surface area (Å²) in [5.74, 6) is 1.01. The van der Waals surface area contributed by atoms with E-state index < -0.39 is 0 Å². The molecule has 1 aromatic carbocycles. The Kier molecular flexibility index (Phi) is 3.49. The third-order valence-electron chi connectivity index (χ3n) is 2.67. The summed E-state index contributed by atoms with van der Waals surface area (Å²) in [4.78, 5) is 8.56. The second kappa shape index (κ2) is 5.44. The van der Waals surface area contributed by atoms with Crippen molar-refractivity contribution in [2.45, 2.75) is 6.54 Å². The molecular formula is C13H11ClN4O2. The molecule has 0 fully saturated rings. The molecule has 3 rings (SSSR count). The fourth-order valence-corrected chi connectivity index (χ4v) is 1.90. The lowest BCUT2D eigenvalue weighted by atomic mass is 10.3. The van der Waals surface area contributed by atoms with Gasteiger partial charge in [0, 0.05) is 5.02 Å². The van der Waals surface area contributed by atoms with Gasteiger partial charge >= 0.3 is 0 Å². The molecule has 2 aromatic heterocycles. The fourth-order valence-electron chi connectivity index (χ4n) is 1.78. The molecule has 0 unspecified atom stereocenters. The van der Waals surface area contributed by atoms with Crippen molar-refractivity contribution in [3.63, 3.8) is 0 Å². The number of ether oxygens (including phenoxy) is 1. The molecule has 102 valence electrons. The number of fused-ring (bicyclic) bond motifs is 1. The summed E-state index contributed by atoms with van der Waals surface area (Å²) in [5, 5.41) is 13.7. The molecule has 3 aromatic rings. The molecule has 1 N–H and O–H groups in total. The van der Waals surface area contributed by atoms with Crippen molar-refractivity contribution < 1.29 is 9.84 Å². The zero-order valence-electron chi connectivity index (χ0n) is 10.4. The Bertz CT molecular complexity index is 727. The van der Waals surface area contributed by atoms with Crippen LogP contribution < -0.4 is 4.74 Å². The van der Waals surface area contributed by atoms with Crippen LogP contribution in [0.15, 0.2) is 36.7 Å².